The van der Waals surface area contributed by atoms with Crippen LogP contribution in [0.4, 0.5) is 18.9 Å². The summed E-state index contributed by atoms with van der Waals surface area (Å²) in [6, 6.07) is 8.61. The Hall–Kier alpha value is -2.74. The molecule has 0 fully saturated rings. The lowest BCUT2D eigenvalue weighted by atomic mass is 10.1. The maximum atomic E-state index is 12.8. The second-order valence-corrected chi connectivity index (χ2v) is 6.08. The van der Waals surface area contributed by atoms with E-state index in [0.29, 0.717) is 26.1 Å². The lowest BCUT2D eigenvalue weighted by Gasteiger charge is -2.14. The number of para-hydroxylation sites is 1. The number of aromatic nitrogens is 2. The van der Waals surface area contributed by atoms with Gasteiger partial charge in [-0.05, 0) is 24.3 Å². The summed E-state index contributed by atoms with van der Waals surface area (Å²) in [4.78, 5) is 26.9. The van der Waals surface area contributed by atoms with Crippen molar-refractivity contribution >= 4 is 28.2 Å². The average Bonchev–Trinajstić information content (AvgIpc) is 2.56. The van der Waals surface area contributed by atoms with Crippen molar-refractivity contribution in [3.63, 3.8) is 0 Å². The van der Waals surface area contributed by atoms with Gasteiger partial charge in [-0.1, -0.05) is 23.7 Å². The number of hydrogen-bond acceptors (Lipinski definition) is 3. The third-order valence-corrected chi connectivity index (χ3v) is 4.28. The molecule has 3 aromatic rings. The summed E-state index contributed by atoms with van der Waals surface area (Å²) in [7, 11) is 1.04. The number of pyridine rings is 2. The summed E-state index contributed by atoms with van der Waals surface area (Å²) in [5, 5.41) is 3.82. The number of benzene rings is 1. The highest BCUT2D eigenvalue weighted by atomic mass is 35.5. The number of hydrogen-bond donors (Lipinski definition) is 2. The van der Waals surface area contributed by atoms with Crippen LogP contribution in [0.2, 0.25) is 5.02 Å². The molecule has 0 saturated carbocycles. The Labute approximate surface area is 150 Å². The Morgan fingerprint density at radius 2 is 1.92 bits per heavy atom. The molecular weight excluding hydrogens is 371 g/mol. The van der Waals surface area contributed by atoms with Gasteiger partial charge in [0.2, 0.25) is 0 Å². The Bertz CT molecular complexity index is 1100. The van der Waals surface area contributed by atoms with Gasteiger partial charge >= 0.3 is 6.18 Å². The van der Waals surface area contributed by atoms with Crippen molar-refractivity contribution in [2.75, 3.05) is 5.32 Å². The quantitative estimate of drug-likeness (QED) is 0.727. The van der Waals surface area contributed by atoms with E-state index in [9.17, 15) is 22.8 Å². The number of H-pyrrole nitrogens is 1. The van der Waals surface area contributed by atoms with Crippen LogP contribution in [0.5, 0.6) is 0 Å². The van der Waals surface area contributed by atoms with Crippen molar-refractivity contribution in [2.45, 2.75) is 12.7 Å². The number of rotatable bonds is 3. The molecule has 2 heterocycles. The number of alkyl halides is 3. The molecule has 0 aliphatic rings. The highest BCUT2D eigenvalue weighted by molar-refractivity contribution is 6.35. The van der Waals surface area contributed by atoms with E-state index >= 15 is 0 Å². The summed E-state index contributed by atoms with van der Waals surface area (Å²) < 4.78 is 38.9. The second kappa shape index (κ2) is 6.53. The average molecular weight is 384 g/mol. The number of nitrogens with zero attached hydrogens (tertiary/aromatic N) is 1. The van der Waals surface area contributed by atoms with Crippen LogP contribution in [0.1, 0.15) is 11.3 Å². The van der Waals surface area contributed by atoms with Crippen molar-refractivity contribution in [1.29, 1.82) is 0 Å². The molecule has 136 valence electrons. The first kappa shape index (κ1) is 18.1. The highest BCUT2D eigenvalue weighted by Gasteiger charge is 2.33. The standard InChI is InChI=1S/C17H13ClF3N3O2/c1-24-13(17(19,20)21)6-5-12(16(24)26)22-8-10-7-9-3-2-4-11(18)14(9)23-15(10)25/h2-7,22H,8H2,1H3,(H,23,25). The molecule has 3 rings (SSSR count). The summed E-state index contributed by atoms with van der Waals surface area (Å²) in [5.41, 5.74) is -1.51. The predicted molar refractivity (Wildman–Crippen MR) is 93.6 cm³/mol. The summed E-state index contributed by atoms with van der Waals surface area (Å²) in [6.07, 6.45) is -4.62. The molecule has 0 radical (unpaired) electrons. The van der Waals surface area contributed by atoms with E-state index < -0.39 is 23.0 Å². The first-order valence-electron chi connectivity index (χ1n) is 7.50. The zero-order valence-corrected chi connectivity index (χ0v) is 14.2. The molecule has 0 bridgehead atoms. The van der Waals surface area contributed by atoms with E-state index in [2.05, 4.69) is 10.3 Å². The molecule has 9 heteroatoms. The molecule has 0 atom stereocenters. The van der Waals surface area contributed by atoms with Gasteiger partial charge in [-0.3, -0.25) is 9.59 Å². The Morgan fingerprint density at radius 1 is 1.19 bits per heavy atom. The number of anilines is 1. The molecule has 1 aromatic carbocycles. The van der Waals surface area contributed by atoms with Gasteiger partial charge in [0.05, 0.1) is 10.5 Å². The monoisotopic (exact) mass is 383 g/mol. The van der Waals surface area contributed by atoms with E-state index in [1.54, 1.807) is 24.3 Å². The smallest absolute Gasteiger partial charge is 0.376 e. The maximum Gasteiger partial charge on any atom is 0.431 e. The molecule has 0 aliphatic carbocycles. The molecular formula is C17H13ClF3N3O2. The number of halogens is 4. The van der Waals surface area contributed by atoms with E-state index in [1.807, 2.05) is 0 Å². The molecule has 0 amide bonds. The summed E-state index contributed by atoms with van der Waals surface area (Å²) in [6.45, 7) is -0.0294. The first-order chi connectivity index (χ1) is 12.2. The van der Waals surface area contributed by atoms with Gasteiger partial charge in [-0.25, -0.2) is 0 Å². The van der Waals surface area contributed by atoms with E-state index in [0.717, 1.165) is 19.2 Å². The van der Waals surface area contributed by atoms with E-state index in [1.165, 1.54) is 0 Å². The maximum absolute atomic E-state index is 12.8. The molecule has 5 nitrogen and oxygen atoms in total. The minimum absolute atomic E-state index is 0.0294. The van der Waals surface area contributed by atoms with Gasteiger partial charge in [-0.15, -0.1) is 0 Å². The van der Waals surface area contributed by atoms with Crippen LogP contribution in [0.3, 0.4) is 0 Å². The molecule has 2 aromatic heterocycles. The van der Waals surface area contributed by atoms with E-state index in [4.69, 9.17) is 11.6 Å². The first-order valence-corrected chi connectivity index (χ1v) is 7.88. The van der Waals surface area contributed by atoms with Gasteiger partial charge < -0.3 is 14.9 Å². The minimum atomic E-state index is -4.62. The number of aromatic amines is 1. The zero-order chi connectivity index (χ0) is 19.1. The van der Waals surface area contributed by atoms with Gasteiger partial charge in [0.25, 0.3) is 11.1 Å². The van der Waals surface area contributed by atoms with Crippen LogP contribution in [0.25, 0.3) is 10.9 Å². The van der Waals surface area contributed by atoms with Gasteiger partial charge in [0.15, 0.2) is 0 Å². The van der Waals surface area contributed by atoms with Crippen molar-refractivity contribution in [3.8, 4) is 0 Å². The normalized spacial score (nSPS) is 11.7. The van der Waals surface area contributed by atoms with Crippen LogP contribution in [-0.4, -0.2) is 9.55 Å². The summed E-state index contributed by atoms with van der Waals surface area (Å²) in [5.74, 6) is 0. The molecule has 0 spiro atoms. The second-order valence-electron chi connectivity index (χ2n) is 5.68. The molecule has 0 aliphatic heterocycles. The lowest BCUT2D eigenvalue weighted by Crippen LogP contribution is -2.28. The van der Waals surface area contributed by atoms with Crippen molar-refractivity contribution in [1.82, 2.24) is 9.55 Å². The third-order valence-electron chi connectivity index (χ3n) is 3.97. The number of nitrogens with one attached hydrogen (secondary N) is 2. The highest BCUT2D eigenvalue weighted by Crippen LogP contribution is 2.28. The van der Waals surface area contributed by atoms with Gasteiger partial charge in [0.1, 0.15) is 11.4 Å². The molecule has 0 unspecified atom stereocenters. The van der Waals surface area contributed by atoms with Crippen molar-refractivity contribution in [2.24, 2.45) is 7.05 Å². The third kappa shape index (κ3) is 3.32. The van der Waals surface area contributed by atoms with Crippen LogP contribution in [0.15, 0.2) is 46.0 Å². The van der Waals surface area contributed by atoms with Crippen LogP contribution >= 0.6 is 11.6 Å². The lowest BCUT2D eigenvalue weighted by molar-refractivity contribution is -0.143. The minimum Gasteiger partial charge on any atom is -0.376 e. The van der Waals surface area contributed by atoms with Gasteiger partial charge in [-0.2, -0.15) is 13.2 Å². The van der Waals surface area contributed by atoms with Crippen LogP contribution in [-0.2, 0) is 19.8 Å². The zero-order valence-electron chi connectivity index (χ0n) is 13.4. The molecule has 2 N–H and O–H groups in total. The van der Waals surface area contributed by atoms with Gasteiger partial charge in [0, 0.05) is 24.5 Å². The SMILES string of the molecule is Cn1c(C(F)(F)F)ccc(NCc2cc3cccc(Cl)c3[nH]c2=O)c1=O. The predicted octanol–water partition coefficient (Wildman–Crippen LogP) is 3.51. The molecule has 26 heavy (non-hydrogen) atoms. The van der Waals surface area contributed by atoms with E-state index in [-0.39, 0.29) is 12.2 Å². The Morgan fingerprint density at radius 3 is 2.62 bits per heavy atom. The van der Waals surface area contributed by atoms with Crippen LogP contribution < -0.4 is 16.4 Å². The fourth-order valence-corrected chi connectivity index (χ4v) is 2.85. The summed E-state index contributed by atoms with van der Waals surface area (Å²) >= 11 is 6.02. The fraction of sp³-hybridized carbons (Fsp3) is 0.176. The fourth-order valence-electron chi connectivity index (χ4n) is 2.62. The molecule has 0 saturated heterocycles. The number of fused-ring (bicyclic) bond motifs is 1. The Kier molecular flexibility index (Phi) is 4.53. The topological polar surface area (TPSA) is 66.9 Å². The van der Waals surface area contributed by atoms with Crippen LogP contribution in [0, 0.1) is 0 Å². The van der Waals surface area contributed by atoms with Crippen molar-refractivity contribution in [3.05, 3.63) is 73.4 Å². The Balaban J connectivity index is 1.92. The largest absolute Gasteiger partial charge is 0.431 e. The van der Waals surface area contributed by atoms with Crippen molar-refractivity contribution < 1.29 is 13.2 Å².